The average molecular weight is 401 g/mol. The maximum Gasteiger partial charge on any atom is 0.409 e. The van der Waals surface area contributed by atoms with Gasteiger partial charge in [0.25, 0.3) is 10.2 Å². The fourth-order valence-corrected chi connectivity index (χ4v) is 4.88. The van der Waals surface area contributed by atoms with Crippen molar-refractivity contribution in [1.29, 1.82) is 0 Å². The number of hydrogen-bond donors (Lipinski definition) is 0. The van der Waals surface area contributed by atoms with E-state index in [4.69, 9.17) is 16.3 Å². The van der Waals surface area contributed by atoms with Crippen LogP contribution in [0.1, 0.15) is 25.5 Å². The molecule has 2 rings (SSSR count). The molecule has 0 amide bonds. The second kappa shape index (κ2) is 7.79. The Kier molecular flexibility index (Phi) is 6.37. The first kappa shape index (κ1) is 20.4. The molecule has 1 fully saturated rings. The highest BCUT2D eigenvalue weighted by Crippen LogP contribution is 2.40. The van der Waals surface area contributed by atoms with Crippen LogP contribution in [0.25, 0.3) is 0 Å². The van der Waals surface area contributed by atoms with Gasteiger partial charge in [-0.25, -0.2) is 0 Å². The van der Waals surface area contributed by atoms with E-state index in [-0.39, 0.29) is 36.9 Å². The molecule has 1 aliphatic rings. The van der Waals surface area contributed by atoms with Crippen molar-refractivity contribution in [3.8, 4) is 0 Å². The second-order valence-electron chi connectivity index (χ2n) is 5.74. The molecule has 0 N–H and O–H groups in total. The minimum atomic E-state index is -4.77. The van der Waals surface area contributed by atoms with Gasteiger partial charge in [0.2, 0.25) is 0 Å². The zero-order valence-corrected chi connectivity index (χ0v) is 15.4. The average Bonchev–Trinajstić information content (AvgIpc) is 2.52. The maximum atomic E-state index is 13.8. The highest BCUT2D eigenvalue weighted by molar-refractivity contribution is 7.86. The Labute approximate surface area is 150 Å². The van der Waals surface area contributed by atoms with Crippen molar-refractivity contribution in [3.05, 3.63) is 34.9 Å². The van der Waals surface area contributed by atoms with E-state index in [1.165, 1.54) is 31.2 Å². The molecule has 1 aromatic carbocycles. The van der Waals surface area contributed by atoms with Crippen LogP contribution >= 0.6 is 11.6 Å². The Morgan fingerprint density at radius 1 is 1.36 bits per heavy atom. The summed E-state index contributed by atoms with van der Waals surface area (Å²) in [6.07, 6.45) is -4.77. The van der Waals surface area contributed by atoms with Gasteiger partial charge in [0.05, 0.1) is 13.2 Å². The quantitative estimate of drug-likeness (QED) is 0.762. The molecule has 0 aromatic heterocycles. The summed E-state index contributed by atoms with van der Waals surface area (Å²) >= 11 is 5.74. The van der Waals surface area contributed by atoms with Gasteiger partial charge in [0.15, 0.2) is 0 Å². The number of morpholine rings is 1. The van der Waals surface area contributed by atoms with Crippen molar-refractivity contribution in [2.45, 2.75) is 32.1 Å². The fourth-order valence-electron chi connectivity index (χ4n) is 2.83. The van der Waals surface area contributed by atoms with Crippen molar-refractivity contribution in [2.24, 2.45) is 0 Å². The zero-order valence-electron chi connectivity index (χ0n) is 13.8. The first-order valence-corrected chi connectivity index (χ1v) is 9.55. The van der Waals surface area contributed by atoms with Crippen LogP contribution in [-0.2, 0) is 14.9 Å². The van der Waals surface area contributed by atoms with Crippen LogP contribution < -0.4 is 0 Å². The minimum absolute atomic E-state index is 0.0190. The minimum Gasteiger partial charge on any atom is -0.378 e. The molecule has 2 atom stereocenters. The summed E-state index contributed by atoms with van der Waals surface area (Å²) in [5, 5.41) is 0.275. The van der Waals surface area contributed by atoms with E-state index in [9.17, 15) is 21.6 Å². The molecule has 0 bridgehead atoms. The lowest BCUT2D eigenvalue weighted by molar-refractivity contribution is -0.174. The van der Waals surface area contributed by atoms with Gasteiger partial charge >= 0.3 is 6.18 Å². The molecule has 1 saturated heterocycles. The normalized spacial score (nSPS) is 21.5. The Balaban J connectivity index is 2.47. The van der Waals surface area contributed by atoms with Gasteiger partial charge in [0, 0.05) is 24.2 Å². The predicted octanol–water partition coefficient (Wildman–Crippen LogP) is 3.23. The van der Waals surface area contributed by atoms with Gasteiger partial charge in [-0.05, 0) is 24.6 Å². The lowest BCUT2D eigenvalue weighted by Crippen LogP contribution is -2.55. The van der Waals surface area contributed by atoms with Gasteiger partial charge in [-0.15, -0.1) is 0 Å². The van der Waals surface area contributed by atoms with E-state index in [1.54, 1.807) is 6.92 Å². The Hall–Kier alpha value is -0.870. The lowest BCUT2D eigenvalue weighted by Gasteiger charge is -2.39. The molecular formula is C15H20ClF3N2O3S. The summed E-state index contributed by atoms with van der Waals surface area (Å²) in [5.41, 5.74) is -0.178. The van der Waals surface area contributed by atoms with Gasteiger partial charge < -0.3 is 4.74 Å². The first-order chi connectivity index (χ1) is 11.6. The van der Waals surface area contributed by atoms with Crippen molar-refractivity contribution in [3.63, 3.8) is 0 Å². The van der Waals surface area contributed by atoms with E-state index in [1.807, 2.05) is 0 Å². The molecule has 1 aromatic rings. The van der Waals surface area contributed by atoms with E-state index >= 15 is 0 Å². The van der Waals surface area contributed by atoms with Crippen LogP contribution in [0.4, 0.5) is 13.2 Å². The van der Waals surface area contributed by atoms with Crippen LogP contribution in [0.3, 0.4) is 0 Å². The molecule has 0 saturated carbocycles. The van der Waals surface area contributed by atoms with Crippen molar-refractivity contribution in [2.75, 3.05) is 26.3 Å². The molecule has 10 heteroatoms. The van der Waals surface area contributed by atoms with Crippen LogP contribution in [-0.4, -0.2) is 55.5 Å². The maximum absolute atomic E-state index is 13.8. The summed E-state index contributed by atoms with van der Waals surface area (Å²) in [6.45, 7) is 2.99. The summed E-state index contributed by atoms with van der Waals surface area (Å²) in [5.74, 6) is 0. The third-order valence-corrected chi connectivity index (χ3v) is 6.44. The number of rotatable bonds is 5. The molecule has 25 heavy (non-hydrogen) atoms. The van der Waals surface area contributed by atoms with Crippen LogP contribution in [0.5, 0.6) is 0 Å². The summed E-state index contributed by atoms with van der Waals surface area (Å²) in [6, 6.07) is 2.20. The zero-order chi connectivity index (χ0) is 18.8. The third kappa shape index (κ3) is 4.46. The van der Waals surface area contributed by atoms with Crippen molar-refractivity contribution < 1.29 is 26.3 Å². The molecule has 142 valence electrons. The summed E-state index contributed by atoms with van der Waals surface area (Å²) in [7, 11) is -4.33. The predicted molar refractivity (Wildman–Crippen MR) is 88.5 cm³/mol. The molecule has 0 aliphatic carbocycles. The Morgan fingerprint density at radius 2 is 1.96 bits per heavy atom. The topological polar surface area (TPSA) is 49.9 Å². The van der Waals surface area contributed by atoms with Crippen LogP contribution in [0, 0.1) is 0 Å². The van der Waals surface area contributed by atoms with Crippen LogP contribution in [0.15, 0.2) is 24.3 Å². The monoisotopic (exact) mass is 400 g/mol. The largest absolute Gasteiger partial charge is 0.409 e. The standard InChI is InChI=1S/C15H20ClF3N2O3S/c1-3-20(25(22,23)21-8-9-24-10-11(21)2)14(15(17,18)19)12-4-6-13(16)7-5-12/h4-7,11,14H,3,8-10H2,1-2H3/t11-,14+/m0/s1. The molecule has 1 heterocycles. The number of ether oxygens (including phenoxy) is 1. The van der Waals surface area contributed by atoms with Crippen molar-refractivity contribution in [1.82, 2.24) is 8.61 Å². The smallest absolute Gasteiger partial charge is 0.378 e. The number of nitrogens with zero attached hydrogens (tertiary/aromatic N) is 2. The fraction of sp³-hybridized carbons (Fsp3) is 0.600. The number of benzene rings is 1. The third-order valence-electron chi connectivity index (χ3n) is 3.99. The Morgan fingerprint density at radius 3 is 2.44 bits per heavy atom. The van der Waals surface area contributed by atoms with E-state index < -0.39 is 28.5 Å². The molecular weight excluding hydrogens is 381 g/mol. The van der Waals surface area contributed by atoms with E-state index in [0.717, 1.165) is 4.31 Å². The molecule has 1 aliphatic heterocycles. The van der Waals surface area contributed by atoms with Gasteiger partial charge in [0.1, 0.15) is 6.04 Å². The molecule has 0 unspecified atom stereocenters. The lowest BCUT2D eigenvalue weighted by atomic mass is 10.1. The molecule has 5 nitrogen and oxygen atoms in total. The first-order valence-electron chi connectivity index (χ1n) is 7.77. The number of halogens is 4. The van der Waals surface area contributed by atoms with Gasteiger partial charge in [-0.2, -0.15) is 30.2 Å². The number of hydrogen-bond acceptors (Lipinski definition) is 3. The van der Waals surface area contributed by atoms with E-state index in [2.05, 4.69) is 0 Å². The van der Waals surface area contributed by atoms with Crippen LogP contribution in [0.2, 0.25) is 5.02 Å². The highest BCUT2D eigenvalue weighted by Gasteiger charge is 2.50. The molecule has 0 radical (unpaired) electrons. The summed E-state index contributed by atoms with van der Waals surface area (Å²) in [4.78, 5) is 0. The van der Waals surface area contributed by atoms with Gasteiger partial charge in [-0.3, -0.25) is 0 Å². The second-order valence-corrected chi connectivity index (χ2v) is 8.01. The number of alkyl halides is 3. The SMILES string of the molecule is CCN([C@H](c1ccc(Cl)cc1)C(F)(F)F)S(=O)(=O)N1CCOC[C@@H]1C. The summed E-state index contributed by atoms with van der Waals surface area (Å²) < 4.78 is 73.9. The van der Waals surface area contributed by atoms with Crippen molar-refractivity contribution >= 4 is 21.8 Å². The van der Waals surface area contributed by atoms with Gasteiger partial charge in [-0.1, -0.05) is 30.7 Å². The van der Waals surface area contributed by atoms with E-state index in [0.29, 0.717) is 4.31 Å². The Bertz CT molecular complexity index is 682. The molecule has 0 spiro atoms. The highest BCUT2D eigenvalue weighted by atomic mass is 35.5.